The maximum atomic E-state index is 10.7. The molecule has 0 bridgehead atoms. The van der Waals surface area contributed by atoms with Crippen molar-refractivity contribution >= 4 is 6.29 Å². The molecular formula is C10H16O3. The standard InChI is InChI=1S/C10H16O3/c1-3-4-10(9(2)7-11)8-12-5-6-13-10/h3,7,9H,1,4-6,8H2,2H3. The van der Waals surface area contributed by atoms with Gasteiger partial charge in [-0.3, -0.25) is 0 Å². The van der Waals surface area contributed by atoms with Gasteiger partial charge in [0.2, 0.25) is 0 Å². The summed E-state index contributed by atoms with van der Waals surface area (Å²) in [6, 6.07) is 0. The van der Waals surface area contributed by atoms with E-state index in [0.29, 0.717) is 26.2 Å². The maximum Gasteiger partial charge on any atom is 0.125 e. The Balaban J connectivity index is 2.71. The number of hydrogen-bond donors (Lipinski definition) is 0. The van der Waals surface area contributed by atoms with E-state index in [4.69, 9.17) is 9.47 Å². The molecule has 0 aliphatic carbocycles. The highest BCUT2D eigenvalue weighted by atomic mass is 16.6. The van der Waals surface area contributed by atoms with Crippen LogP contribution in [-0.2, 0) is 14.3 Å². The molecule has 3 nitrogen and oxygen atoms in total. The van der Waals surface area contributed by atoms with Crippen molar-refractivity contribution in [3.05, 3.63) is 12.7 Å². The fraction of sp³-hybridized carbons (Fsp3) is 0.700. The predicted octanol–water partition coefficient (Wildman–Crippen LogP) is 1.18. The highest BCUT2D eigenvalue weighted by Crippen LogP contribution is 2.28. The Bertz CT molecular complexity index is 183. The third-order valence-corrected chi connectivity index (χ3v) is 2.49. The summed E-state index contributed by atoms with van der Waals surface area (Å²) in [7, 11) is 0. The van der Waals surface area contributed by atoms with Crippen LogP contribution in [0, 0.1) is 5.92 Å². The number of rotatable bonds is 4. The van der Waals surface area contributed by atoms with E-state index in [0.717, 1.165) is 6.29 Å². The van der Waals surface area contributed by atoms with E-state index in [9.17, 15) is 4.79 Å². The van der Waals surface area contributed by atoms with Gasteiger partial charge in [-0.05, 0) is 6.42 Å². The molecule has 0 amide bonds. The molecule has 0 N–H and O–H groups in total. The van der Waals surface area contributed by atoms with Crippen LogP contribution in [0.5, 0.6) is 0 Å². The summed E-state index contributed by atoms with van der Waals surface area (Å²) in [6.07, 6.45) is 3.35. The van der Waals surface area contributed by atoms with E-state index in [2.05, 4.69) is 6.58 Å². The van der Waals surface area contributed by atoms with Crippen LogP contribution in [0.15, 0.2) is 12.7 Å². The minimum absolute atomic E-state index is 0.147. The van der Waals surface area contributed by atoms with Gasteiger partial charge in [0.25, 0.3) is 0 Å². The van der Waals surface area contributed by atoms with Crippen molar-refractivity contribution in [2.45, 2.75) is 18.9 Å². The molecule has 0 aromatic rings. The summed E-state index contributed by atoms with van der Waals surface area (Å²) in [5.41, 5.74) is -0.470. The van der Waals surface area contributed by atoms with Crippen LogP contribution >= 0.6 is 0 Å². The predicted molar refractivity (Wildman–Crippen MR) is 49.5 cm³/mol. The number of hydrogen-bond acceptors (Lipinski definition) is 3. The molecule has 2 atom stereocenters. The first-order chi connectivity index (χ1) is 6.25. The Morgan fingerprint density at radius 3 is 2.85 bits per heavy atom. The van der Waals surface area contributed by atoms with Crippen LogP contribution in [0.2, 0.25) is 0 Å². The summed E-state index contributed by atoms with van der Waals surface area (Å²) in [5.74, 6) is -0.147. The summed E-state index contributed by atoms with van der Waals surface area (Å²) in [4.78, 5) is 10.7. The topological polar surface area (TPSA) is 35.5 Å². The van der Waals surface area contributed by atoms with E-state index >= 15 is 0 Å². The summed E-state index contributed by atoms with van der Waals surface area (Å²) >= 11 is 0. The number of carbonyl (C=O) groups excluding carboxylic acids is 1. The highest BCUT2D eigenvalue weighted by Gasteiger charge is 2.38. The molecule has 0 aromatic carbocycles. The van der Waals surface area contributed by atoms with Crippen LogP contribution in [0.1, 0.15) is 13.3 Å². The fourth-order valence-electron chi connectivity index (χ4n) is 1.53. The van der Waals surface area contributed by atoms with Gasteiger partial charge in [0.05, 0.1) is 19.8 Å². The van der Waals surface area contributed by atoms with Crippen LogP contribution in [0.3, 0.4) is 0 Å². The third-order valence-electron chi connectivity index (χ3n) is 2.49. The third kappa shape index (κ3) is 2.17. The molecular weight excluding hydrogens is 168 g/mol. The lowest BCUT2D eigenvalue weighted by Crippen LogP contribution is -2.48. The average Bonchev–Trinajstić information content (AvgIpc) is 2.18. The summed E-state index contributed by atoms with van der Waals surface area (Å²) in [5, 5.41) is 0. The summed E-state index contributed by atoms with van der Waals surface area (Å²) in [6.45, 7) is 7.18. The minimum atomic E-state index is -0.470. The molecule has 1 heterocycles. The Kier molecular flexibility index (Phi) is 3.63. The first kappa shape index (κ1) is 10.4. The molecule has 1 saturated heterocycles. The molecule has 2 unspecified atom stereocenters. The first-order valence-electron chi connectivity index (χ1n) is 4.53. The van der Waals surface area contributed by atoms with Crippen molar-refractivity contribution in [2.75, 3.05) is 19.8 Å². The van der Waals surface area contributed by atoms with Crippen LogP contribution in [-0.4, -0.2) is 31.7 Å². The molecule has 13 heavy (non-hydrogen) atoms. The molecule has 0 aromatic heterocycles. The number of ether oxygens (including phenoxy) is 2. The Hall–Kier alpha value is -0.670. The molecule has 74 valence electrons. The molecule has 0 spiro atoms. The molecule has 1 aliphatic heterocycles. The lowest BCUT2D eigenvalue weighted by atomic mass is 9.86. The van der Waals surface area contributed by atoms with E-state index in [-0.39, 0.29) is 5.92 Å². The molecule has 1 fully saturated rings. The van der Waals surface area contributed by atoms with Crippen molar-refractivity contribution in [3.8, 4) is 0 Å². The first-order valence-corrected chi connectivity index (χ1v) is 4.53. The summed E-state index contributed by atoms with van der Waals surface area (Å²) < 4.78 is 11.0. The van der Waals surface area contributed by atoms with Crippen molar-refractivity contribution in [1.29, 1.82) is 0 Å². The van der Waals surface area contributed by atoms with Gasteiger partial charge < -0.3 is 14.3 Å². The Labute approximate surface area is 78.7 Å². The van der Waals surface area contributed by atoms with Crippen molar-refractivity contribution in [2.24, 2.45) is 5.92 Å². The van der Waals surface area contributed by atoms with Crippen molar-refractivity contribution < 1.29 is 14.3 Å². The van der Waals surface area contributed by atoms with E-state index in [1.54, 1.807) is 6.08 Å². The largest absolute Gasteiger partial charge is 0.376 e. The van der Waals surface area contributed by atoms with Crippen molar-refractivity contribution in [1.82, 2.24) is 0 Å². The van der Waals surface area contributed by atoms with Gasteiger partial charge in [0.15, 0.2) is 0 Å². The number of carbonyl (C=O) groups is 1. The van der Waals surface area contributed by atoms with Gasteiger partial charge in [-0.2, -0.15) is 0 Å². The second-order valence-corrected chi connectivity index (χ2v) is 3.38. The zero-order chi connectivity index (χ0) is 9.73. The van der Waals surface area contributed by atoms with Gasteiger partial charge in [0, 0.05) is 5.92 Å². The molecule has 0 radical (unpaired) electrons. The lowest BCUT2D eigenvalue weighted by Gasteiger charge is -2.38. The van der Waals surface area contributed by atoms with Gasteiger partial charge in [-0.25, -0.2) is 0 Å². The van der Waals surface area contributed by atoms with Gasteiger partial charge in [-0.15, -0.1) is 6.58 Å². The van der Waals surface area contributed by atoms with Crippen LogP contribution in [0.4, 0.5) is 0 Å². The maximum absolute atomic E-state index is 10.7. The van der Waals surface area contributed by atoms with E-state index in [1.807, 2.05) is 6.92 Å². The van der Waals surface area contributed by atoms with Gasteiger partial charge >= 0.3 is 0 Å². The zero-order valence-electron chi connectivity index (χ0n) is 7.99. The zero-order valence-corrected chi connectivity index (χ0v) is 7.99. The van der Waals surface area contributed by atoms with E-state index in [1.165, 1.54) is 0 Å². The Morgan fingerprint density at radius 1 is 1.62 bits per heavy atom. The van der Waals surface area contributed by atoms with Crippen LogP contribution < -0.4 is 0 Å². The average molecular weight is 184 g/mol. The minimum Gasteiger partial charge on any atom is -0.376 e. The van der Waals surface area contributed by atoms with Crippen LogP contribution in [0.25, 0.3) is 0 Å². The fourth-order valence-corrected chi connectivity index (χ4v) is 1.53. The monoisotopic (exact) mass is 184 g/mol. The second-order valence-electron chi connectivity index (χ2n) is 3.38. The van der Waals surface area contributed by atoms with Gasteiger partial charge in [-0.1, -0.05) is 13.0 Å². The SMILES string of the molecule is C=CCC1(C(C)C=O)COCCO1. The normalized spacial score (nSPS) is 30.8. The molecule has 0 saturated carbocycles. The Morgan fingerprint density at radius 2 is 2.38 bits per heavy atom. The van der Waals surface area contributed by atoms with Crippen molar-refractivity contribution in [3.63, 3.8) is 0 Å². The van der Waals surface area contributed by atoms with Gasteiger partial charge in [0.1, 0.15) is 11.9 Å². The molecule has 1 aliphatic rings. The quantitative estimate of drug-likeness (QED) is 0.486. The lowest BCUT2D eigenvalue weighted by molar-refractivity contribution is -0.178. The highest BCUT2D eigenvalue weighted by molar-refractivity contribution is 5.55. The second kappa shape index (κ2) is 4.53. The smallest absolute Gasteiger partial charge is 0.125 e. The molecule has 1 rings (SSSR count). The number of aldehydes is 1. The molecule has 3 heteroatoms. The van der Waals surface area contributed by atoms with E-state index < -0.39 is 5.60 Å².